The molecule has 0 bridgehead atoms. The third-order valence-corrected chi connectivity index (χ3v) is 5.29. The van der Waals surface area contributed by atoms with Crippen molar-refractivity contribution < 1.29 is 42.2 Å². The maximum absolute atomic E-state index is 12.4. The van der Waals surface area contributed by atoms with Gasteiger partial charge in [-0.2, -0.15) is 13.2 Å². The molecule has 1 aromatic heterocycles. The molecular formula is C20H25F3N4O6. The Morgan fingerprint density at radius 3 is 2.33 bits per heavy atom. The molecule has 10 nitrogen and oxygen atoms in total. The molecule has 0 aliphatic carbocycles. The SMILES string of the molecule is CC(=O)N1CCOC2(CCN(C(=O)CNC(=O)c3cccnc3)CC2)C1.O=C(O)C(F)(F)F. The number of nitrogens with one attached hydrogen (secondary N) is 1. The molecule has 0 radical (unpaired) electrons. The highest BCUT2D eigenvalue weighted by atomic mass is 19.4. The summed E-state index contributed by atoms with van der Waals surface area (Å²) in [5, 5.41) is 9.76. The fourth-order valence-corrected chi connectivity index (χ4v) is 3.45. The summed E-state index contributed by atoms with van der Waals surface area (Å²) in [7, 11) is 0. The van der Waals surface area contributed by atoms with E-state index in [2.05, 4.69) is 10.3 Å². The number of aromatic nitrogens is 1. The van der Waals surface area contributed by atoms with E-state index in [9.17, 15) is 27.6 Å². The zero-order valence-electron chi connectivity index (χ0n) is 17.9. The van der Waals surface area contributed by atoms with E-state index >= 15 is 0 Å². The van der Waals surface area contributed by atoms with Crippen molar-refractivity contribution in [1.29, 1.82) is 0 Å². The van der Waals surface area contributed by atoms with Crippen LogP contribution in [0.25, 0.3) is 0 Å². The maximum atomic E-state index is 12.4. The Morgan fingerprint density at radius 1 is 1.18 bits per heavy atom. The quantitative estimate of drug-likeness (QED) is 0.659. The number of ether oxygens (including phenoxy) is 1. The minimum absolute atomic E-state index is 0.0405. The van der Waals surface area contributed by atoms with Gasteiger partial charge in [0, 0.05) is 45.5 Å². The number of carboxylic acids is 1. The third-order valence-electron chi connectivity index (χ3n) is 5.29. The van der Waals surface area contributed by atoms with Crippen LogP contribution in [-0.4, -0.2) is 94.7 Å². The van der Waals surface area contributed by atoms with Crippen molar-refractivity contribution in [3.63, 3.8) is 0 Å². The summed E-state index contributed by atoms with van der Waals surface area (Å²) in [6.07, 6.45) is -0.643. The minimum atomic E-state index is -5.08. The van der Waals surface area contributed by atoms with E-state index in [1.165, 1.54) is 6.20 Å². The number of nitrogens with zero attached hydrogens (tertiary/aromatic N) is 3. The van der Waals surface area contributed by atoms with Crippen LogP contribution in [-0.2, 0) is 19.1 Å². The van der Waals surface area contributed by atoms with Crippen molar-refractivity contribution in [2.45, 2.75) is 31.5 Å². The highest BCUT2D eigenvalue weighted by Gasteiger charge is 2.41. The van der Waals surface area contributed by atoms with Gasteiger partial charge in [0.2, 0.25) is 11.8 Å². The first-order valence-electron chi connectivity index (χ1n) is 10.1. The molecule has 0 atom stereocenters. The molecule has 3 rings (SSSR count). The molecule has 0 saturated carbocycles. The number of halogens is 3. The van der Waals surface area contributed by atoms with Crippen LogP contribution in [0.1, 0.15) is 30.1 Å². The lowest BCUT2D eigenvalue weighted by Crippen LogP contribution is -2.58. The number of likely N-dealkylation sites (tertiary alicyclic amines) is 1. The lowest BCUT2D eigenvalue weighted by Gasteiger charge is -2.47. The number of piperidine rings is 1. The molecule has 1 spiro atoms. The summed E-state index contributed by atoms with van der Waals surface area (Å²) in [6.45, 7) is 4.40. The molecule has 2 saturated heterocycles. The molecule has 2 fully saturated rings. The van der Waals surface area contributed by atoms with E-state index in [4.69, 9.17) is 14.6 Å². The highest BCUT2D eigenvalue weighted by molar-refractivity contribution is 5.96. The van der Waals surface area contributed by atoms with Gasteiger partial charge >= 0.3 is 12.1 Å². The molecule has 3 heterocycles. The van der Waals surface area contributed by atoms with Crippen LogP contribution in [0.3, 0.4) is 0 Å². The van der Waals surface area contributed by atoms with Crippen molar-refractivity contribution in [3.8, 4) is 0 Å². The van der Waals surface area contributed by atoms with Crippen molar-refractivity contribution in [1.82, 2.24) is 20.1 Å². The van der Waals surface area contributed by atoms with Crippen LogP contribution < -0.4 is 5.32 Å². The van der Waals surface area contributed by atoms with Gasteiger partial charge in [-0.05, 0) is 25.0 Å². The van der Waals surface area contributed by atoms with Crippen LogP contribution in [0.5, 0.6) is 0 Å². The van der Waals surface area contributed by atoms with E-state index in [-0.39, 0.29) is 29.9 Å². The summed E-state index contributed by atoms with van der Waals surface area (Å²) in [6, 6.07) is 3.33. The first-order valence-corrected chi connectivity index (χ1v) is 10.1. The topological polar surface area (TPSA) is 129 Å². The van der Waals surface area contributed by atoms with Gasteiger partial charge in [0.05, 0.1) is 24.3 Å². The standard InChI is InChI=1S/C18H24N4O4.C2HF3O2/c1-14(23)22-9-10-26-18(13-22)4-7-21(8-5-18)16(24)12-20-17(25)15-3-2-6-19-11-15;3-2(4,5)1(6)7/h2-3,6,11H,4-5,7-10,12-13H2,1H3,(H,20,25);(H,6,7). The van der Waals surface area contributed by atoms with Crippen molar-refractivity contribution >= 4 is 23.7 Å². The van der Waals surface area contributed by atoms with Gasteiger partial charge in [-0.15, -0.1) is 0 Å². The third kappa shape index (κ3) is 7.70. The lowest BCUT2D eigenvalue weighted by atomic mass is 9.89. The average Bonchev–Trinajstić information content (AvgIpc) is 2.78. The molecule has 0 aromatic carbocycles. The van der Waals surface area contributed by atoms with Crippen LogP contribution in [0.4, 0.5) is 13.2 Å². The van der Waals surface area contributed by atoms with Gasteiger partial charge in [0.1, 0.15) is 0 Å². The molecular weight excluding hydrogens is 449 g/mol. The molecule has 33 heavy (non-hydrogen) atoms. The summed E-state index contributed by atoms with van der Waals surface area (Å²) < 4.78 is 37.7. The molecule has 0 unspecified atom stereocenters. The number of alkyl halides is 3. The first kappa shape index (κ1) is 26.0. The van der Waals surface area contributed by atoms with Gasteiger partial charge in [-0.1, -0.05) is 0 Å². The van der Waals surface area contributed by atoms with Crippen LogP contribution in [0, 0.1) is 0 Å². The molecule has 2 N–H and O–H groups in total. The number of hydrogen-bond acceptors (Lipinski definition) is 6. The fourth-order valence-electron chi connectivity index (χ4n) is 3.45. The highest BCUT2D eigenvalue weighted by Crippen LogP contribution is 2.30. The summed E-state index contributed by atoms with van der Waals surface area (Å²) in [5.41, 5.74) is 0.0810. The second-order valence-corrected chi connectivity index (χ2v) is 7.58. The van der Waals surface area contributed by atoms with E-state index in [1.54, 1.807) is 30.2 Å². The van der Waals surface area contributed by atoms with E-state index in [1.807, 2.05) is 4.90 Å². The van der Waals surface area contributed by atoms with Gasteiger partial charge in [0.15, 0.2) is 0 Å². The number of carboxylic acid groups (broad SMARTS) is 1. The predicted molar refractivity (Wildman–Crippen MR) is 107 cm³/mol. The Kier molecular flexibility index (Phi) is 8.74. The Bertz CT molecular complexity index is 857. The zero-order chi connectivity index (χ0) is 24.6. The number of hydrogen-bond donors (Lipinski definition) is 2. The number of pyridine rings is 1. The molecule has 1 aromatic rings. The van der Waals surface area contributed by atoms with Crippen molar-refractivity contribution in [2.24, 2.45) is 0 Å². The van der Waals surface area contributed by atoms with Gasteiger partial charge in [-0.25, -0.2) is 4.79 Å². The Balaban J connectivity index is 0.000000479. The fraction of sp³-hybridized carbons (Fsp3) is 0.550. The van der Waals surface area contributed by atoms with Crippen LogP contribution in [0.2, 0.25) is 0 Å². The number of rotatable bonds is 3. The largest absolute Gasteiger partial charge is 0.490 e. The normalized spacial score (nSPS) is 17.6. The average molecular weight is 474 g/mol. The van der Waals surface area contributed by atoms with Crippen LogP contribution in [0.15, 0.2) is 24.5 Å². The molecule has 2 aliphatic heterocycles. The van der Waals surface area contributed by atoms with E-state index in [0.717, 1.165) is 0 Å². The Labute approximate surface area is 187 Å². The number of carbonyl (C=O) groups is 4. The zero-order valence-corrected chi connectivity index (χ0v) is 17.9. The second kappa shape index (κ2) is 11.1. The van der Waals surface area contributed by atoms with Crippen molar-refractivity contribution in [3.05, 3.63) is 30.1 Å². The summed E-state index contributed by atoms with van der Waals surface area (Å²) >= 11 is 0. The lowest BCUT2D eigenvalue weighted by molar-refractivity contribution is -0.192. The number of carbonyl (C=O) groups excluding carboxylic acids is 3. The van der Waals surface area contributed by atoms with Gasteiger partial charge in [0.25, 0.3) is 5.91 Å². The number of aliphatic carboxylic acids is 1. The molecule has 13 heteroatoms. The molecule has 2 aliphatic rings. The summed E-state index contributed by atoms with van der Waals surface area (Å²) in [5.74, 6) is -3.12. The van der Waals surface area contributed by atoms with Crippen LogP contribution >= 0.6 is 0 Å². The summed E-state index contributed by atoms with van der Waals surface area (Å²) in [4.78, 5) is 52.3. The van der Waals surface area contributed by atoms with E-state index in [0.29, 0.717) is 51.2 Å². The molecule has 182 valence electrons. The van der Waals surface area contributed by atoms with Gasteiger partial charge in [-0.3, -0.25) is 19.4 Å². The first-order chi connectivity index (χ1) is 15.4. The maximum Gasteiger partial charge on any atom is 0.490 e. The van der Waals surface area contributed by atoms with E-state index < -0.39 is 12.1 Å². The minimum Gasteiger partial charge on any atom is -0.475 e. The number of amides is 3. The monoisotopic (exact) mass is 474 g/mol. The second-order valence-electron chi connectivity index (χ2n) is 7.58. The van der Waals surface area contributed by atoms with Gasteiger partial charge < -0.3 is 25.0 Å². The number of morpholine rings is 1. The predicted octanol–water partition coefficient (Wildman–Crippen LogP) is 0.685. The Hall–Kier alpha value is -3.22. The van der Waals surface area contributed by atoms with Crippen molar-refractivity contribution in [2.75, 3.05) is 39.3 Å². The molecule has 3 amide bonds. The smallest absolute Gasteiger partial charge is 0.475 e. The Morgan fingerprint density at radius 2 is 1.82 bits per heavy atom.